The van der Waals surface area contributed by atoms with Crippen LogP contribution in [0.4, 0.5) is 19.1 Å². The minimum Gasteiger partial charge on any atom is -0.341 e. The van der Waals surface area contributed by atoms with Crippen LogP contribution in [-0.2, 0) is 6.18 Å². The lowest BCUT2D eigenvalue weighted by molar-refractivity contribution is -0.141. The highest BCUT2D eigenvalue weighted by Crippen LogP contribution is 2.30. The SMILES string of the molecule is CCN(CC)c1nc(Cl)cc(C(F)(F)F)n1. The number of alkyl halides is 3. The van der Waals surface area contributed by atoms with E-state index in [4.69, 9.17) is 11.6 Å². The van der Waals surface area contributed by atoms with Gasteiger partial charge in [0.15, 0.2) is 5.69 Å². The fourth-order valence-electron chi connectivity index (χ4n) is 1.20. The Morgan fingerprint density at radius 1 is 1.25 bits per heavy atom. The van der Waals surface area contributed by atoms with Gasteiger partial charge in [-0.3, -0.25) is 0 Å². The van der Waals surface area contributed by atoms with Crippen molar-refractivity contribution < 1.29 is 13.2 Å². The fraction of sp³-hybridized carbons (Fsp3) is 0.556. The lowest BCUT2D eigenvalue weighted by atomic mass is 10.4. The zero-order valence-electron chi connectivity index (χ0n) is 8.85. The first-order chi connectivity index (χ1) is 7.38. The summed E-state index contributed by atoms with van der Waals surface area (Å²) in [6.07, 6.45) is -4.51. The first-order valence-electron chi connectivity index (χ1n) is 4.75. The summed E-state index contributed by atoms with van der Waals surface area (Å²) in [7, 11) is 0. The van der Waals surface area contributed by atoms with E-state index in [0.717, 1.165) is 0 Å². The summed E-state index contributed by atoms with van der Waals surface area (Å²) in [5.41, 5.74) is -1.02. The van der Waals surface area contributed by atoms with Gasteiger partial charge in [0.1, 0.15) is 5.15 Å². The Hall–Kier alpha value is -1.04. The van der Waals surface area contributed by atoms with Gasteiger partial charge in [0, 0.05) is 19.2 Å². The van der Waals surface area contributed by atoms with E-state index in [9.17, 15) is 13.2 Å². The minimum absolute atomic E-state index is 0.00447. The first kappa shape index (κ1) is 13.0. The molecule has 3 nitrogen and oxygen atoms in total. The Bertz CT molecular complexity index is 364. The normalized spacial score (nSPS) is 11.6. The van der Waals surface area contributed by atoms with E-state index in [-0.39, 0.29) is 11.1 Å². The fourth-order valence-corrected chi connectivity index (χ4v) is 1.38. The molecule has 0 aliphatic heterocycles. The Balaban J connectivity index is 3.17. The van der Waals surface area contributed by atoms with Crippen molar-refractivity contribution in [1.82, 2.24) is 9.97 Å². The van der Waals surface area contributed by atoms with Crippen molar-refractivity contribution in [2.45, 2.75) is 20.0 Å². The van der Waals surface area contributed by atoms with E-state index in [1.807, 2.05) is 0 Å². The second kappa shape index (κ2) is 4.86. The van der Waals surface area contributed by atoms with Crippen molar-refractivity contribution in [2.24, 2.45) is 0 Å². The van der Waals surface area contributed by atoms with Crippen LogP contribution in [0.5, 0.6) is 0 Å². The van der Waals surface area contributed by atoms with Gasteiger partial charge in [0.25, 0.3) is 0 Å². The monoisotopic (exact) mass is 253 g/mol. The van der Waals surface area contributed by atoms with Crippen LogP contribution >= 0.6 is 11.6 Å². The molecule has 0 saturated carbocycles. The van der Waals surface area contributed by atoms with E-state index in [2.05, 4.69) is 9.97 Å². The summed E-state index contributed by atoms with van der Waals surface area (Å²) in [6, 6.07) is 0.717. The van der Waals surface area contributed by atoms with E-state index >= 15 is 0 Å². The van der Waals surface area contributed by atoms with E-state index in [1.165, 1.54) is 0 Å². The van der Waals surface area contributed by atoms with Crippen LogP contribution < -0.4 is 4.90 Å². The molecule has 90 valence electrons. The highest BCUT2D eigenvalue weighted by Gasteiger charge is 2.33. The van der Waals surface area contributed by atoms with Gasteiger partial charge in [-0.1, -0.05) is 11.6 Å². The molecule has 0 amide bonds. The lowest BCUT2D eigenvalue weighted by Gasteiger charge is -2.19. The molecule has 0 aromatic carbocycles. The average Bonchev–Trinajstić information content (AvgIpc) is 2.17. The maximum Gasteiger partial charge on any atom is 0.433 e. The smallest absolute Gasteiger partial charge is 0.341 e. The van der Waals surface area contributed by atoms with Crippen molar-refractivity contribution in [3.8, 4) is 0 Å². The molecule has 1 heterocycles. The van der Waals surface area contributed by atoms with Crippen molar-refractivity contribution >= 4 is 17.5 Å². The van der Waals surface area contributed by atoms with Crippen LogP contribution in [0.2, 0.25) is 5.15 Å². The molecule has 7 heteroatoms. The van der Waals surface area contributed by atoms with Gasteiger partial charge < -0.3 is 4.90 Å². The Morgan fingerprint density at radius 2 is 1.81 bits per heavy atom. The lowest BCUT2D eigenvalue weighted by Crippen LogP contribution is -2.25. The molecular formula is C9H11ClF3N3. The van der Waals surface area contributed by atoms with E-state index < -0.39 is 11.9 Å². The van der Waals surface area contributed by atoms with Gasteiger partial charge >= 0.3 is 6.18 Å². The Kier molecular flexibility index (Phi) is 3.96. The summed E-state index contributed by atoms with van der Waals surface area (Å²) in [6.45, 7) is 4.66. The standard InChI is InChI=1S/C9H11ClF3N3/c1-3-16(4-2)8-14-6(9(11,12)13)5-7(10)15-8/h5H,3-4H2,1-2H3. The second-order valence-corrected chi connectivity index (χ2v) is 3.43. The predicted octanol–water partition coefficient (Wildman–Crippen LogP) is 3.00. The average molecular weight is 254 g/mol. The summed E-state index contributed by atoms with van der Waals surface area (Å²) in [5, 5.41) is -0.204. The quantitative estimate of drug-likeness (QED) is 0.776. The van der Waals surface area contributed by atoms with Crippen molar-refractivity contribution in [3.05, 3.63) is 16.9 Å². The van der Waals surface area contributed by atoms with E-state index in [1.54, 1.807) is 18.7 Å². The van der Waals surface area contributed by atoms with Crippen molar-refractivity contribution in [1.29, 1.82) is 0 Å². The van der Waals surface area contributed by atoms with Crippen LogP contribution in [0.15, 0.2) is 6.07 Å². The molecule has 0 aliphatic carbocycles. The second-order valence-electron chi connectivity index (χ2n) is 3.05. The van der Waals surface area contributed by atoms with Gasteiger partial charge in [-0.15, -0.1) is 0 Å². The molecule has 0 aliphatic rings. The molecule has 0 unspecified atom stereocenters. The highest BCUT2D eigenvalue weighted by atomic mass is 35.5. The largest absolute Gasteiger partial charge is 0.433 e. The molecule has 0 bridgehead atoms. The number of anilines is 1. The highest BCUT2D eigenvalue weighted by molar-refractivity contribution is 6.29. The van der Waals surface area contributed by atoms with Gasteiger partial charge in [-0.2, -0.15) is 13.2 Å². The van der Waals surface area contributed by atoms with Crippen LogP contribution in [-0.4, -0.2) is 23.1 Å². The summed E-state index contributed by atoms with van der Waals surface area (Å²) < 4.78 is 37.4. The number of nitrogens with zero attached hydrogens (tertiary/aromatic N) is 3. The molecule has 16 heavy (non-hydrogen) atoms. The first-order valence-corrected chi connectivity index (χ1v) is 5.13. The molecule has 1 aromatic heterocycles. The Morgan fingerprint density at radius 3 is 2.25 bits per heavy atom. The Labute approximate surface area is 96.3 Å². The maximum absolute atomic E-state index is 12.5. The van der Waals surface area contributed by atoms with Gasteiger partial charge in [0.05, 0.1) is 0 Å². The van der Waals surface area contributed by atoms with Gasteiger partial charge in [0.2, 0.25) is 5.95 Å². The summed E-state index contributed by atoms with van der Waals surface area (Å²) >= 11 is 5.54. The third kappa shape index (κ3) is 2.98. The maximum atomic E-state index is 12.5. The predicted molar refractivity (Wildman–Crippen MR) is 55.6 cm³/mol. The number of aromatic nitrogens is 2. The molecule has 0 spiro atoms. The molecular weight excluding hydrogens is 243 g/mol. The molecule has 1 aromatic rings. The zero-order valence-corrected chi connectivity index (χ0v) is 9.60. The summed E-state index contributed by atoms with van der Waals surface area (Å²) in [4.78, 5) is 8.82. The number of hydrogen-bond donors (Lipinski definition) is 0. The molecule has 0 radical (unpaired) electrons. The van der Waals surface area contributed by atoms with Crippen LogP contribution in [0.1, 0.15) is 19.5 Å². The third-order valence-corrected chi connectivity index (χ3v) is 2.21. The van der Waals surface area contributed by atoms with Gasteiger partial charge in [-0.25, -0.2) is 9.97 Å². The molecule has 0 N–H and O–H groups in total. The van der Waals surface area contributed by atoms with Crippen molar-refractivity contribution in [2.75, 3.05) is 18.0 Å². The molecule has 0 atom stereocenters. The van der Waals surface area contributed by atoms with Crippen LogP contribution in [0.25, 0.3) is 0 Å². The van der Waals surface area contributed by atoms with Gasteiger partial charge in [-0.05, 0) is 13.8 Å². The minimum atomic E-state index is -4.51. The molecule has 1 rings (SSSR count). The number of halogens is 4. The van der Waals surface area contributed by atoms with Crippen LogP contribution in [0, 0.1) is 0 Å². The topological polar surface area (TPSA) is 29.0 Å². The third-order valence-electron chi connectivity index (χ3n) is 2.02. The molecule has 0 saturated heterocycles. The zero-order chi connectivity index (χ0) is 12.3. The van der Waals surface area contributed by atoms with E-state index in [0.29, 0.717) is 19.2 Å². The number of rotatable bonds is 3. The number of hydrogen-bond acceptors (Lipinski definition) is 3. The van der Waals surface area contributed by atoms with Crippen molar-refractivity contribution in [3.63, 3.8) is 0 Å². The summed E-state index contributed by atoms with van der Waals surface area (Å²) in [5.74, 6) is 0.00447. The van der Waals surface area contributed by atoms with Crippen LogP contribution in [0.3, 0.4) is 0 Å². The molecule has 0 fully saturated rings.